The summed E-state index contributed by atoms with van der Waals surface area (Å²) < 4.78 is 10.8. The molecule has 1 aromatic rings. The van der Waals surface area contributed by atoms with Gasteiger partial charge in [-0.25, -0.2) is 4.79 Å². The number of aliphatic carboxylic acids is 1. The monoisotopic (exact) mass is 683 g/mol. The number of nitrogens with one attached hydrogen (secondary N) is 1. The van der Waals surface area contributed by atoms with Gasteiger partial charge in [0.15, 0.2) is 0 Å². The van der Waals surface area contributed by atoms with Crippen molar-refractivity contribution >= 4 is 5.97 Å². The number of aliphatic hydroxyl groups is 5. The normalized spacial score (nSPS) is 26.9. The van der Waals surface area contributed by atoms with Crippen molar-refractivity contribution in [1.29, 1.82) is 0 Å². The predicted octanol–water partition coefficient (Wildman–Crippen LogP) is 2.86. The maximum atomic E-state index is 10.5. The first kappa shape index (κ1) is 40.5. The molecule has 0 amide bonds. The second-order valence-electron chi connectivity index (χ2n) is 14.6. The van der Waals surface area contributed by atoms with Crippen LogP contribution in [0.3, 0.4) is 0 Å². The van der Waals surface area contributed by atoms with E-state index in [-0.39, 0.29) is 30.6 Å². The largest absolute Gasteiger partial charge is 0.491 e. The molecule has 2 saturated carbocycles. The zero-order valence-corrected chi connectivity index (χ0v) is 29.7. The molecule has 0 aliphatic heterocycles. The Balaban J connectivity index is 0.000000271. The zero-order chi connectivity index (χ0) is 36.1. The van der Waals surface area contributed by atoms with Gasteiger partial charge < -0.3 is 45.4 Å². The van der Waals surface area contributed by atoms with E-state index in [1.807, 2.05) is 58.9 Å². The van der Waals surface area contributed by atoms with Crippen LogP contribution in [-0.4, -0.2) is 99.0 Å². The summed E-state index contributed by atoms with van der Waals surface area (Å²) in [7, 11) is 0. The van der Waals surface area contributed by atoms with E-state index in [1.54, 1.807) is 0 Å². The molecule has 7 N–H and O–H groups in total. The fourth-order valence-electron chi connectivity index (χ4n) is 6.49. The third kappa shape index (κ3) is 13.4. The van der Waals surface area contributed by atoms with E-state index in [9.17, 15) is 30.3 Å². The summed E-state index contributed by atoms with van der Waals surface area (Å²) in [4.78, 5) is 10.5. The van der Waals surface area contributed by atoms with Crippen LogP contribution >= 0.6 is 0 Å². The first-order valence-corrected chi connectivity index (χ1v) is 17.5. The van der Waals surface area contributed by atoms with Gasteiger partial charge in [0.25, 0.3) is 0 Å². The van der Waals surface area contributed by atoms with Crippen LogP contribution in [-0.2, 0) is 22.4 Å². The van der Waals surface area contributed by atoms with Gasteiger partial charge in [-0.05, 0) is 63.5 Å². The molecular formula is C39H57NO9. The first-order valence-electron chi connectivity index (χ1n) is 17.5. The Kier molecular flexibility index (Phi) is 16.1. The zero-order valence-electron chi connectivity index (χ0n) is 29.7. The fourth-order valence-corrected chi connectivity index (χ4v) is 6.49. The molecule has 0 saturated heterocycles. The van der Waals surface area contributed by atoms with Crippen LogP contribution in [0.2, 0.25) is 0 Å². The molecule has 1 aromatic carbocycles. The minimum Gasteiger partial charge on any atom is -0.491 e. The quantitative estimate of drug-likeness (QED) is 0.105. The molecular weight excluding hydrogens is 626 g/mol. The van der Waals surface area contributed by atoms with Crippen LogP contribution in [0.5, 0.6) is 5.75 Å². The molecule has 10 nitrogen and oxygen atoms in total. The number of hydrogen-bond acceptors (Lipinski definition) is 9. The highest BCUT2D eigenvalue weighted by molar-refractivity contribution is 5.68. The van der Waals surface area contributed by atoms with Crippen LogP contribution in [0.25, 0.3) is 0 Å². The van der Waals surface area contributed by atoms with Gasteiger partial charge in [-0.2, -0.15) is 0 Å². The van der Waals surface area contributed by atoms with Gasteiger partial charge >= 0.3 is 5.97 Å². The number of fused-ring (bicyclic) bond motifs is 2. The SMILES string of the molecule is CC(C)(C)NCC(O)COc1cccc2c1C[C@H](O)[C@H](O)C2.CCC#CC[C@H](C)[C@H](O)C#C[C@@H]1[C@H]2C/C(=C/COCC(=O)O)C[C@H]2C[C@H]1O. The predicted molar refractivity (Wildman–Crippen MR) is 188 cm³/mol. The summed E-state index contributed by atoms with van der Waals surface area (Å²) in [5, 5.41) is 62.0. The number of carbonyl (C=O) groups is 1. The lowest BCUT2D eigenvalue weighted by atomic mass is 9.87. The topological polar surface area (TPSA) is 169 Å². The molecule has 2 fully saturated rings. The van der Waals surface area contributed by atoms with Crippen LogP contribution < -0.4 is 10.1 Å². The van der Waals surface area contributed by atoms with Crippen molar-refractivity contribution in [1.82, 2.24) is 5.32 Å². The van der Waals surface area contributed by atoms with Crippen molar-refractivity contribution in [2.75, 3.05) is 26.4 Å². The minimum absolute atomic E-state index is 0.0173. The average molecular weight is 684 g/mol. The molecule has 0 aromatic heterocycles. The van der Waals surface area contributed by atoms with Crippen molar-refractivity contribution in [2.45, 2.75) is 116 Å². The summed E-state index contributed by atoms with van der Waals surface area (Å²) >= 11 is 0. The minimum atomic E-state index is -0.969. The molecule has 0 spiro atoms. The Morgan fingerprint density at radius 3 is 2.49 bits per heavy atom. The third-order valence-electron chi connectivity index (χ3n) is 9.24. The Labute approximate surface area is 291 Å². The Morgan fingerprint density at radius 2 is 1.80 bits per heavy atom. The lowest BCUT2D eigenvalue weighted by molar-refractivity contribution is -0.141. The van der Waals surface area contributed by atoms with Crippen molar-refractivity contribution in [3.63, 3.8) is 0 Å². The van der Waals surface area contributed by atoms with Crippen LogP contribution in [0.4, 0.5) is 0 Å². The molecule has 0 bridgehead atoms. The molecule has 0 heterocycles. The number of β-amino-alcohol motifs (C(OH)–C–C–N with tert-alkyl or cyclic N) is 1. The van der Waals surface area contributed by atoms with Gasteiger partial charge in [0.1, 0.15) is 31.2 Å². The number of carboxylic acid groups (broad SMARTS) is 1. The van der Waals surface area contributed by atoms with E-state index < -0.39 is 36.5 Å². The van der Waals surface area contributed by atoms with E-state index in [0.717, 1.165) is 36.8 Å². The maximum Gasteiger partial charge on any atom is 0.329 e. The Bertz CT molecular complexity index is 1360. The third-order valence-corrected chi connectivity index (χ3v) is 9.24. The molecule has 3 aliphatic rings. The van der Waals surface area contributed by atoms with Crippen LogP contribution in [0, 0.1) is 47.4 Å². The van der Waals surface area contributed by atoms with Crippen LogP contribution in [0.15, 0.2) is 29.8 Å². The first-order chi connectivity index (χ1) is 23.2. The molecule has 1 unspecified atom stereocenters. The summed E-state index contributed by atoms with van der Waals surface area (Å²) in [6.07, 6.45) is 3.42. The molecule has 10 heteroatoms. The lowest BCUT2D eigenvalue weighted by Crippen LogP contribution is -2.42. The summed E-state index contributed by atoms with van der Waals surface area (Å²) in [6, 6.07) is 5.65. The van der Waals surface area contributed by atoms with Crippen molar-refractivity contribution in [3.05, 3.63) is 41.0 Å². The van der Waals surface area contributed by atoms with E-state index in [0.29, 0.717) is 50.0 Å². The highest BCUT2D eigenvalue weighted by Crippen LogP contribution is 2.49. The van der Waals surface area contributed by atoms with Gasteiger partial charge in [0.05, 0.1) is 24.9 Å². The van der Waals surface area contributed by atoms with Crippen molar-refractivity contribution < 1.29 is 44.9 Å². The lowest BCUT2D eigenvalue weighted by Gasteiger charge is -2.28. The number of carboxylic acids is 1. The number of benzene rings is 1. The summed E-state index contributed by atoms with van der Waals surface area (Å²) in [5.74, 6) is 12.4. The summed E-state index contributed by atoms with van der Waals surface area (Å²) in [6.45, 7) is 10.7. The van der Waals surface area contributed by atoms with E-state index in [2.05, 4.69) is 29.0 Å². The highest BCUT2D eigenvalue weighted by Gasteiger charge is 2.45. The van der Waals surface area contributed by atoms with Gasteiger partial charge in [-0.3, -0.25) is 0 Å². The Hall–Kier alpha value is -2.93. The molecule has 0 radical (unpaired) electrons. The van der Waals surface area contributed by atoms with Crippen molar-refractivity contribution in [2.24, 2.45) is 23.7 Å². The van der Waals surface area contributed by atoms with Crippen LogP contribution in [0.1, 0.15) is 77.8 Å². The molecule has 4 rings (SSSR count). The standard InChI is InChI=1S/C22H30O5.C17H27NO4/c1-3-4-5-6-15(2)20(23)8-7-18-19-12-16(9-10-27-14-22(25)26)11-17(19)13-21(18)24;1-17(2,3)18-9-12(19)10-22-16-6-4-5-11-7-14(20)15(21)8-13(11)16/h9,15,17-21,23-24H,3,6,10-14H2,1-2H3,(H,25,26);4-6,12,14-15,18-21H,7-10H2,1-3H3/b16-9+;/t15-,17-,18+,19-,20+,21+;12?,14-,15+/m01/s1. The Morgan fingerprint density at radius 1 is 1.06 bits per heavy atom. The van der Waals surface area contributed by atoms with Gasteiger partial charge in [0.2, 0.25) is 0 Å². The summed E-state index contributed by atoms with van der Waals surface area (Å²) in [5.41, 5.74) is 3.12. The maximum absolute atomic E-state index is 10.5. The van der Waals surface area contributed by atoms with E-state index >= 15 is 0 Å². The second kappa shape index (κ2) is 19.5. The number of ether oxygens (including phenoxy) is 2. The number of rotatable bonds is 11. The second-order valence-corrected chi connectivity index (χ2v) is 14.6. The number of aliphatic hydroxyl groups excluding tert-OH is 5. The number of hydrogen-bond donors (Lipinski definition) is 7. The molecule has 3 aliphatic carbocycles. The number of allylic oxidation sites excluding steroid dienone is 1. The molecule has 49 heavy (non-hydrogen) atoms. The smallest absolute Gasteiger partial charge is 0.329 e. The average Bonchev–Trinajstić information content (AvgIpc) is 3.56. The molecule has 9 atom stereocenters. The van der Waals surface area contributed by atoms with Gasteiger partial charge in [-0.15, -0.1) is 11.8 Å². The van der Waals surface area contributed by atoms with Gasteiger partial charge in [-0.1, -0.05) is 49.5 Å². The fraction of sp³-hybridized carbons (Fsp3) is 0.667. The highest BCUT2D eigenvalue weighted by atomic mass is 16.5. The molecule has 272 valence electrons. The van der Waals surface area contributed by atoms with E-state index in [4.69, 9.17) is 14.6 Å². The van der Waals surface area contributed by atoms with Gasteiger partial charge in [0, 0.05) is 55.2 Å². The van der Waals surface area contributed by atoms with Crippen molar-refractivity contribution in [3.8, 4) is 29.4 Å². The van der Waals surface area contributed by atoms with E-state index in [1.165, 1.54) is 5.57 Å².